The number of hydrogen-bond donors (Lipinski definition) is 1. The van der Waals surface area contributed by atoms with Crippen LogP contribution in [0, 0.1) is 0 Å². The SMILES string of the molecule is O=C(c1nc2ccccn2c1CN1CCO[C@@H](CCO)C1)N1CCCC1. The molecule has 0 unspecified atom stereocenters. The lowest BCUT2D eigenvalue weighted by molar-refractivity contribution is -0.0411. The summed E-state index contributed by atoms with van der Waals surface area (Å²) in [6.45, 7) is 4.66. The maximum absolute atomic E-state index is 13.0. The number of carbonyl (C=O) groups is 1. The Hall–Kier alpha value is -1.96. The molecule has 2 aliphatic rings. The minimum absolute atomic E-state index is 0.0429. The highest BCUT2D eigenvalue weighted by Gasteiger charge is 2.28. The molecule has 0 aromatic carbocycles. The van der Waals surface area contributed by atoms with Crippen molar-refractivity contribution in [3.05, 3.63) is 35.8 Å². The molecule has 140 valence electrons. The summed E-state index contributed by atoms with van der Waals surface area (Å²) in [4.78, 5) is 21.9. The predicted molar refractivity (Wildman–Crippen MR) is 97.0 cm³/mol. The van der Waals surface area contributed by atoms with Crippen LogP contribution in [0.4, 0.5) is 0 Å². The maximum atomic E-state index is 13.0. The summed E-state index contributed by atoms with van der Waals surface area (Å²) < 4.78 is 7.74. The molecule has 2 fully saturated rings. The lowest BCUT2D eigenvalue weighted by Crippen LogP contribution is -2.42. The molecule has 1 atom stereocenters. The summed E-state index contributed by atoms with van der Waals surface area (Å²) in [6.07, 6.45) is 4.81. The third-order valence-electron chi connectivity index (χ3n) is 5.27. The van der Waals surface area contributed by atoms with Crippen molar-refractivity contribution in [1.29, 1.82) is 0 Å². The van der Waals surface area contributed by atoms with E-state index in [1.165, 1.54) is 0 Å². The van der Waals surface area contributed by atoms with Gasteiger partial charge in [0, 0.05) is 45.5 Å². The lowest BCUT2D eigenvalue weighted by Gasteiger charge is -2.32. The Kier molecular flexibility index (Phi) is 5.19. The molecule has 7 heteroatoms. The molecule has 7 nitrogen and oxygen atoms in total. The van der Waals surface area contributed by atoms with Gasteiger partial charge in [-0.1, -0.05) is 6.07 Å². The molecule has 4 heterocycles. The number of rotatable bonds is 5. The normalized spacial score (nSPS) is 21.6. The number of pyridine rings is 1. The summed E-state index contributed by atoms with van der Waals surface area (Å²) in [5.41, 5.74) is 2.33. The molecule has 26 heavy (non-hydrogen) atoms. The van der Waals surface area contributed by atoms with Crippen LogP contribution in [-0.4, -0.2) is 75.7 Å². The highest BCUT2D eigenvalue weighted by atomic mass is 16.5. The quantitative estimate of drug-likeness (QED) is 0.868. The van der Waals surface area contributed by atoms with E-state index >= 15 is 0 Å². The van der Waals surface area contributed by atoms with Gasteiger partial charge >= 0.3 is 0 Å². The second-order valence-electron chi connectivity index (χ2n) is 7.08. The van der Waals surface area contributed by atoms with Gasteiger partial charge in [0.25, 0.3) is 5.91 Å². The summed E-state index contributed by atoms with van der Waals surface area (Å²) >= 11 is 0. The van der Waals surface area contributed by atoms with Crippen molar-refractivity contribution < 1.29 is 14.6 Å². The number of morpholine rings is 1. The van der Waals surface area contributed by atoms with E-state index < -0.39 is 0 Å². The Morgan fingerprint density at radius 1 is 1.27 bits per heavy atom. The number of fused-ring (bicyclic) bond motifs is 1. The van der Waals surface area contributed by atoms with Crippen LogP contribution in [0.2, 0.25) is 0 Å². The molecule has 0 radical (unpaired) electrons. The fourth-order valence-corrected chi connectivity index (χ4v) is 3.89. The van der Waals surface area contributed by atoms with Crippen molar-refractivity contribution in [2.45, 2.75) is 31.9 Å². The average molecular weight is 358 g/mol. The average Bonchev–Trinajstić information content (AvgIpc) is 3.31. The Morgan fingerprint density at radius 3 is 2.92 bits per heavy atom. The molecule has 0 saturated carbocycles. The second-order valence-corrected chi connectivity index (χ2v) is 7.08. The highest BCUT2D eigenvalue weighted by Crippen LogP contribution is 2.21. The zero-order valence-corrected chi connectivity index (χ0v) is 15.0. The zero-order chi connectivity index (χ0) is 17.9. The molecule has 2 aromatic heterocycles. The number of amides is 1. The summed E-state index contributed by atoms with van der Waals surface area (Å²) in [5, 5.41) is 9.18. The number of aliphatic hydroxyl groups is 1. The van der Waals surface area contributed by atoms with Crippen LogP contribution in [0.15, 0.2) is 24.4 Å². The summed E-state index contributed by atoms with van der Waals surface area (Å²) in [6, 6.07) is 5.86. The van der Waals surface area contributed by atoms with E-state index in [1.54, 1.807) is 0 Å². The third-order valence-corrected chi connectivity index (χ3v) is 5.27. The maximum Gasteiger partial charge on any atom is 0.274 e. The molecule has 2 aliphatic heterocycles. The molecule has 4 rings (SSSR count). The molecule has 0 bridgehead atoms. The van der Waals surface area contributed by atoms with Crippen LogP contribution in [0.1, 0.15) is 35.4 Å². The fourth-order valence-electron chi connectivity index (χ4n) is 3.89. The Morgan fingerprint density at radius 2 is 2.12 bits per heavy atom. The van der Waals surface area contributed by atoms with Crippen LogP contribution >= 0.6 is 0 Å². The van der Waals surface area contributed by atoms with E-state index in [2.05, 4.69) is 9.88 Å². The molecule has 0 spiro atoms. The Bertz CT molecular complexity index is 767. The first-order chi connectivity index (χ1) is 12.8. The number of nitrogens with zero attached hydrogens (tertiary/aromatic N) is 4. The number of aromatic nitrogens is 2. The van der Waals surface area contributed by atoms with Gasteiger partial charge in [-0.2, -0.15) is 0 Å². The Labute approximate surface area is 153 Å². The van der Waals surface area contributed by atoms with Crippen molar-refractivity contribution in [2.75, 3.05) is 39.4 Å². The second kappa shape index (κ2) is 7.73. The van der Waals surface area contributed by atoms with Gasteiger partial charge in [-0.05, 0) is 31.4 Å². The van der Waals surface area contributed by atoms with Gasteiger partial charge in [-0.15, -0.1) is 0 Å². The van der Waals surface area contributed by atoms with Crippen LogP contribution < -0.4 is 0 Å². The van der Waals surface area contributed by atoms with Gasteiger partial charge in [0.1, 0.15) is 5.65 Å². The molecule has 1 N–H and O–H groups in total. The van der Waals surface area contributed by atoms with E-state index in [0.717, 1.165) is 50.4 Å². The summed E-state index contributed by atoms with van der Waals surface area (Å²) in [5.74, 6) is 0.0429. The first kappa shape index (κ1) is 17.5. The van der Waals surface area contributed by atoms with E-state index in [-0.39, 0.29) is 18.6 Å². The van der Waals surface area contributed by atoms with Gasteiger partial charge in [-0.25, -0.2) is 4.98 Å². The van der Waals surface area contributed by atoms with E-state index in [4.69, 9.17) is 4.74 Å². The number of aliphatic hydroxyl groups excluding tert-OH is 1. The number of likely N-dealkylation sites (tertiary alicyclic amines) is 1. The van der Waals surface area contributed by atoms with Crippen molar-refractivity contribution >= 4 is 11.6 Å². The van der Waals surface area contributed by atoms with Crippen LogP contribution in [0.3, 0.4) is 0 Å². The van der Waals surface area contributed by atoms with Gasteiger partial charge in [0.05, 0.1) is 18.4 Å². The number of ether oxygens (including phenoxy) is 1. The molecular formula is C19H26N4O3. The predicted octanol–water partition coefficient (Wildman–Crippen LogP) is 1.15. The van der Waals surface area contributed by atoms with Gasteiger partial charge < -0.3 is 19.1 Å². The first-order valence-corrected chi connectivity index (χ1v) is 9.46. The van der Waals surface area contributed by atoms with Gasteiger partial charge in [-0.3, -0.25) is 9.69 Å². The van der Waals surface area contributed by atoms with E-state index in [0.29, 0.717) is 25.3 Å². The smallest absolute Gasteiger partial charge is 0.274 e. The van der Waals surface area contributed by atoms with Gasteiger partial charge in [0.2, 0.25) is 0 Å². The Balaban J connectivity index is 1.62. The van der Waals surface area contributed by atoms with E-state index in [9.17, 15) is 9.90 Å². The zero-order valence-electron chi connectivity index (χ0n) is 15.0. The van der Waals surface area contributed by atoms with Crippen molar-refractivity contribution in [2.24, 2.45) is 0 Å². The molecule has 2 saturated heterocycles. The monoisotopic (exact) mass is 358 g/mol. The lowest BCUT2D eigenvalue weighted by atomic mass is 10.2. The minimum Gasteiger partial charge on any atom is -0.396 e. The standard InChI is InChI=1S/C19H26N4O3/c24-11-6-15-13-21(10-12-26-15)14-16-18(19(25)22-7-3-4-8-22)20-17-5-1-2-9-23(16)17/h1-2,5,9,15,24H,3-4,6-8,10-14H2/t15-/m0/s1. The highest BCUT2D eigenvalue weighted by molar-refractivity contribution is 5.94. The number of imidazole rings is 1. The number of hydrogen-bond acceptors (Lipinski definition) is 5. The first-order valence-electron chi connectivity index (χ1n) is 9.46. The van der Waals surface area contributed by atoms with E-state index in [1.807, 2.05) is 33.7 Å². The number of carbonyl (C=O) groups excluding carboxylic acids is 1. The van der Waals surface area contributed by atoms with Crippen LogP contribution in [0.5, 0.6) is 0 Å². The van der Waals surface area contributed by atoms with Crippen molar-refractivity contribution in [3.8, 4) is 0 Å². The molecular weight excluding hydrogens is 332 g/mol. The topological polar surface area (TPSA) is 70.3 Å². The van der Waals surface area contributed by atoms with Gasteiger partial charge in [0.15, 0.2) is 5.69 Å². The van der Waals surface area contributed by atoms with Crippen molar-refractivity contribution in [3.63, 3.8) is 0 Å². The molecule has 2 aromatic rings. The van der Waals surface area contributed by atoms with Crippen molar-refractivity contribution in [1.82, 2.24) is 19.2 Å². The van der Waals surface area contributed by atoms with Crippen LogP contribution in [0.25, 0.3) is 5.65 Å². The minimum atomic E-state index is 0.0429. The summed E-state index contributed by atoms with van der Waals surface area (Å²) in [7, 11) is 0. The molecule has 1 amide bonds. The molecule has 0 aliphatic carbocycles. The van der Waals surface area contributed by atoms with Crippen LogP contribution in [-0.2, 0) is 11.3 Å². The third kappa shape index (κ3) is 3.47. The fraction of sp³-hybridized carbons (Fsp3) is 0.579. The largest absolute Gasteiger partial charge is 0.396 e.